The molecule has 2 atom stereocenters. The topological polar surface area (TPSA) is 123 Å². The van der Waals surface area contributed by atoms with Gasteiger partial charge < -0.3 is 15.1 Å². The molecule has 2 aliphatic heterocycles. The maximum atomic E-state index is 13.0. The first-order valence-corrected chi connectivity index (χ1v) is 13.7. The lowest BCUT2D eigenvalue weighted by molar-refractivity contribution is -0.134. The number of benzene rings is 1. The summed E-state index contributed by atoms with van der Waals surface area (Å²) in [5.74, 6) is -1.44. The van der Waals surface area contributed by atoms with Crippen molar-refractivity contribution in [3.63, 3.8) is 0 Å². The number of piperazine rings is 1. The number of amides is 1. The third-order valence-corrected chi connectivity index (χ3v) is 8.00. The highest BCUT2D eigenvalue weighted by molar-refractivity contribution is 7.99. The van der Waals surface area contributed by atoms with E-state index in [-0.39, 0.29) is 22.7 Å². The van der Waals surface area contributed by atoms with Crippen molar-refractivity contribution in [2.75, 3.05) is 38.5 Å². The van der Waals surface area contributed by atoms with Crippen LogP contribution in [0.5, 0.6) is 0 Å². The number of thioether (sulfide) groups is 1. The lowest BCUT2D eigenvalue weighted by Gasteiger charge is -2.37. The van der Waals surface area contributed by atoms with Gasteiger partial charge in [0.2, 0.25) is 5.91 Å². The molecule has 10 heteroatoms. The summed E-state index contributed by atoms with van der Waals surface area (Å²) in [5, 5.41) is 19.3. The summed E-state index contributed by atoms with van der Waals surface area (Å²) in [6.07, 6.45) is 5.91. The first-order valence-electron chi connectivity index (χ1n) is 12.6. The van der Waals surface area contributed by atoms with Gasteiger partial charge in [-0.05, 0) is 35.6 Å². The van der Waals surface area contributed by atoms with Crippen LogP contribution in [0.25, 0.3) is 0 Å². The average Bonchev–Trinajstić information content (AvgIpc) is 3.43. The Bertz CT molecular complexity index is 1070. The Morgan fingerprint density at radius 2 is 1.68 bits per heavy atom. The van der Waals surface area contributed by atoms with Gasteiger partial charge in [0, 0.05) is 56.5 Å². The van der Waals surface area contributed by atoms with Gasteiger partial charge in [0.1, 0.15) is 0 Å². The fourth-order valence-electron chi connectivity index (χ4n) is 4.36. The Kier molecular flexibility index (Phi) is 10.9. The van der Waals surface area contributed by atoms with Crippen molar-refractivity contribution < 1.29 is 24.6 Å². The van der Waals surface area contributed by atoms with E-state index < -0.39 is 11.9 Å². The molecule has 38 heavy (non-hydrogen) atoms. The number of carbonyl (C=O) groups excluding carboxylic acids is 1. The van der Waals surface area contributed by atoms with Gasteiger partial charge in [0.05, 0.1) is 11.4 Å². The predicted octanol–water partition coefficient (Wildman–Crippen LogP) is 3.01. The molecule has 1 amide bonds. The number of hydrogen-bond donors (Lipinski definition) is 3. The van der Waals surface area contributed by atoms with E-state index in [1.165, 1.54) is 5.56 Å². The minimum absolute atomic E-state index is 0.0937. The Morgan fingerprint density at radius 1 is 1.03 bits per heavy atom. The molecule has 4 rings (SSSR count). The number of nitrogens with zero attached hydrogens (tertiary/aromatic N) is 3. The second-order valence-electron chi connectivity index (χ2n) is 9.90. The quantitative estimate of drug-likeness (QED) is 0.434. The van der Waals surface area contributed by atoms with Gasteiger partial charge in [0.15, 0.2) is 0 Å². The van der Waals surface area contributed by atoms with Crippen molar-refractivity contribution in [2.24, 2.45) is 0 Å². The number of nitrogens with one attached hydrogen (secondary N) is 1. The van der Waals surface area contributed by atoms with Crippen molar-refractivity contribution in [3.05, 3.63) is 78.1 Å². The fourth-order valence-corrected chi connectivity index (χ4v) is 5.58. The molecule has 204 valence electrons. The lowest BCUT2D eigenvalue weighted by Crippen LogP contribution is -2.54. The van der Waals surface area contributed by atoms with Gasteiger partial charge in [-0.2, -0.15) is 0 Å². The summed E-state index contributed by atoms with van der Waals surface area (Å²) in [7, 11) is 0. The van der Waals surface area contributed by atoms with Crippen molar-refractivity contribution in [1.29, 1.82) is 0 Å². The number of pyridine rings is 1. The van der Waals surface area contributed by atoms with Gasteiger partial charge in [-0.25, -0.2) is 9.59 Å². The largest absolute Gasteiger partial charge is 0.478 e. The molecule has 3 N–H and O–H groups in total. The smallest absolute Gasteiger partial charge is 0.328 e. The number of rotatable bonds is 8. The molecule has 0 spiro atoms. The van der Waals surface area contributed by atoms with E-state index in [1.54, 1.807) is 18.0 Å². The molecule has 0 saturated carbocycles. The van der Waals surface area contributed by atoms with E-state index in [1.807, 2.05) is 17.2 Å². The van der Waals surface area contributed by atoms with Crippen LogP contribution in [0.2, 0.25) is 0 Å². The van der Waals surface area contributed by atoms with E-state index in [9.17, 15) is 14.4 Å². The van der Waals surface area contributed by atoms with Crippen LogP contribution in [0.3, 0.4) is 0 Å². The number of aromatic nitrogens is 1. The van der Waals surface area contributed by atoms with Gasteiger partial charge in [-0.1, -0.05) is 50.2 Å². The maximum absolute atomic E-state index is 13.0. The molecule has 3 heterocycles. The molecule has 1 aromatic heterocycles. The van der Waals surface area contributed by atoms with Crippen molar-refractivity contribution in [1.82, 2.24) is 20.1 Å². The third-order valence-electron chi connectivity index (χ3n) is 6.73. The summed E-state index contributed by atoms with van der Waals surface area (Å²) in [5.41, 5.74) is 2.70. The van der Waals surface area contributed by atoms with Gasteiger partial charge >= 0.3 is 11.9 Å². The SMILES string of the molecule is CC(C)(CCN1CCN(C(=O)C2CSC(c3cccnc3)N2)CC1)c1ccccc1.O=C(O)/C=C/C(=O)O. The first-order chi connectivity index (χ1) is 18.2. The molecule has 2 unspecified atom stereocenters. The lowest BCUT2D eigenvalue weighted by atomic mass is 9.81. The number of carbonyl (C=O) groups is 3. The molecule has 1 aromatic carbocycles. The van der Waals surface area contributed by atoms with Crippen LogP contribution in [-0.4, -0.2) is 87.4 Å². The van der Waals surface area contributed by atoms with Crippen LogP contribution in [0, 0.1) is 0 Å². The van der Waals surface area contributed by atoms with Crippen LogP contribution in [0.4, 0.5) is 0 Å². The molecule has 0 radical (unpaired) electrons. The average molecular weight is 541 g/mol. The van der Waals surface area contributed by atoms with E-state index in [0.29, 0.717) is 12.2 Å². The number of hydrogen-bond acceptors (Lipinski definition) is 7. The van der Waals surface area contributed by atoms with Gasteiger partial charge in [-0.3, -0.25) is 20.0 Å². The summed E-state index contributed by atoms with van der Waals surface area (Å²) >= 11 is 1.80. The molecule has 0 bridgehead atoms. The van der Waals surface area contributed by atoms with Gasteiger partial charge in [-0.15, -0.1) is 11.8 Å². The van der Waals surface area contributed by atoms with Crippen LogP contribution in [0.1, 0.15) is 36.8 Å². The Labute approximate surface area is 227 Å². The van der Waals surface area contributed by atoms with Crippen LogP contribution < -0.4 is 5.32 Å². The molecule has 9 nitrogen and oxygen atoms in total. The molecule has 0 aliphatic carbocycles. The fraction of sp³-hybridized carbons (Fsp3) is 0.429. The van der Waals surface area contributed by atoms with E-state index in [4.69, 9.17) is 10.2 Å². The second-order valence-corrected chi connectivity index (χ2v) is 11.0. The van der Waals surface area contributed by atoms with Crippen LogP contribution in [0.15, 0.2) is 67.0 Å². The summed E-state index contributed by atoms with van der Waals surface area (Å²) in [6.45, 7) is 9.29. The summed E-state index contributed by atoms with van der Waals surface area (Å²) < 4.78 is 0. The minimum Gasteiger partial charge on any atom is -0.478 e. The number of aliphatic carboxylic acids is 2. The molecule has 2 fully saturated rings. The van der Waals surface area contributed by atoms with Crippen molar-refractivity contribution >= 4 is 29.6 Å². The van der Waals surface area contributed by atoms with Crippen molar-refractivity contribution in [2.45, 2.75) is 37.1 Å². The first kappa shape index (κ1) is 29.3. The normalized spacial score (nSPS) is 20.1. The number of carboxylic acids is 2. The summed E-state index contributed by atoms with van der Waals surface area (Å²) in [6, 6.07) is 14.7. The van der Waals surface area contributed by atoms with Crippen molar-refractivity contribution in [3.8, 4) is 0 Å². The highest BCUT2D eigenvalue weighted by atomic mass is 32.2. The Balaban J connectivity index is 0.000000436. The minimum atomic E-state index is -1.26. The van der Waals surface area contributed by atoms with E-state index in [2.05, 4.69) is 65.4 Å². The second kappa shape index (κ2) is 14.1. The third kappa shape index (κ3) is 8.97. The van der Waals surface area contributed by atoms with E-state index in [0.717, 1.165) is 50.5 Å². The summed E-state index contributed by atoms with van der Waals surface area (Å²) in [4.78, 5) is 40.9. The predicted molar refractivity (Wildman–Crippen MR) is 148 cm³/mol. The molecular weight excluding hydrogens is 504 g/mol. The molecular formula is C28H36N4O5S. The standard InChI is InChI=1S/C24H32N4OS.C4H4O4/c1-24(2,20-8-4-3-5-9-20)10-12-27-13-15-28(16-14-27)23(29)21-18-30-22(26-21)19-7-6-11-25-17-19;5-3(6)1-2-4(7)8/h3-9,11,17,21-22,26H,10,12-16,18H2,1-2H3;1-2H,(H,5,6)(H,7,8)/b;2-1+. The molecule has 2 aliphatic rings. The van der Waals surface area contributed by atoms with E-state index >= 15 is 0 Å². The highest BCUT2D eigenvalue weighted by Gasteiger charge is 2.34. The zero-order chi connectivity index (χ0) is 27.5. The zero-order valence-corrected chi connectivity index (χ0v) is 22.6. The number of carboxylic acid groups (broad SMARTS) is 2. The molecule has 2 aromatic rings. The monoisotopic (exact) mass is 540 g/mol. The Morgan fingerprint density at radius 3 is 2.26 bits per heavy atom. The maximum Gasteiger partial charge on any atom is 0.328 e. The molecule has 2 saturated heterocycles. The van der Waals surface area contributed by atoms with Crippen LogP contribution in [-0.2, 0) is 19.8 Å². The highest BCUT2D eigenvalue weighted by Crippen LogP contribution is 2.33. The Hall–Kier alpha value is -3.21. The zero-order valence-electron chi connectivity index (χ0n) is 21.8. The van der Waals surface area contributed by atoms with Gasteiger partial charge in [0.25, 0.3) is 0 Å². The van der Waals surface area contributed by atoms with Crippen LogP contribution >= 0.6 is 11.8 Å².